The van der Waals surface area contributed by atoms with Gasteiger partial charge < -0.3 is 9.73 Å². The van der Waals surface area contributed by atoms with E-state index >= 15 is 0 Å². The summed E-state index contributed by atoms with van der Waals surface area (Å²) in [6.07, 6.45) is 0. The Hall–Kier alpha value is -2.39. The van der Waals surface area contributed by atoms with E-state index < -0.39 is 0 Å². The smallest absolute Gasteiger partial charge is 0.336 e. The fourth-order valence-corrected chi connectivity index (χ4v) is 3.28. The summed E-state index contributed by atoms with van der Waals surface area (Å²) < 4.78 is 5.43. The van der Waals surface area contributed by atoms with E-state index in [0.29, 0.717) is 18.0 Å². The summed E-state index contributed by atoms with van der Waals surface area (Å²) in [5, 5.41) is 4.53. The number of rotatable bonds is 5. The maximum absolute atomic E-state index is 12.0. The van der Waals surface area contributed by atoms with Gasteiger partial charge in [-0.05, 0) is 54.2 Å². The van der Waals surface area contributed by atoms with Gasteiger partial charge in [0.25, 0.3) is 0 Å². The van der Waals surface area contributed by atoms with Crippen LogP contribution in [0.3, 0.4) is 0 Å². The zero-order chi connectivity index (χ0) is 18.0. The summed E-state index contributed by atoms with van der Waals surface area (Å²) in [5.74, 6) is 0.431. The molecule has 1 atom stereocenters. The van der Waals surface area contributed by atoms with Crippen LogP contribution in [-0.2, 0) is 6.54 Å². The molecule has 0 radical (unpaired) electrons. The minimum absolute atomic E-state index is 0.207. The van der Waals surface area contributed by atoms with Crippen molar-refractivity contribution in [2.24, 2.45) is 0 Å². The Morgan fingerprint density at radius 2 is 1.76 bits per heavy atom. The van der Waals surface area contributed by atoms with E-state index in [1.807, 2.05) is 24.3 Å². The van der Waals surface area contributed by atoms with Crippen LogP contribution >= 0.6 is 0 Å². The maximum Gasteiger partial charge on any atom is 0.336 e. The fraction of sp³-hybridized carbons (Fsp3) is 0.318. The highest BCUT2D eigenvalue weighted by molar-refractivity contribution is 5.82. The van der Waals surface area contributed by atoms with E-state index in [9.17, 15) is 4.79 Å². The van der Waals surface area contributed by atoms with Gasteiger partial charge in [0.2, 0.25) is 0 Å². The molecule has 1 heterocycles. The summed E-state index contributed by atoms with van der Waals surface area (Å²) in [5.41, 5.74) is 5.03. The number of fused-ring (bicyclic) bond motifs is 1. The first-order valence-corrected chi connectivity index (χ1v) is 8.81. The lowest BCUT2D eigenvalue weighted by Crippen LogP contribution is -2.19. The molecule has 0 aliphatic carbocycles. The minimum Gasteiger partial charge on any atom is -0.423 e. The lowest BCUT2D eigenvalue weighted by Gasteiger charge is -2.16. The highest BCUT2D eigenvalue weighted by atomic mass is 16.4. The van der Waals surface area contributed by atoms with Crippen LogP contribution in [-0.4, -0.2) is 0 Å². The molecule has 3 aromatic rings. The van der Waals surface area contributed by atoms with E-state index in [1.54, 1.807) is 6.07 Å². The highest BCUT2D eigenvalue weighted by Gasteiger charge is 2.12. The average molecular weight is 335 g/mol. The Balaban J connectivity index is 1.95. The summed E-state index contributed by atoms with van der Waals surface area (Å²) in [7, 11) is 0. The first-order valence-electron chi connectivity index (χ1n) is 8.81. The second-order valence-electron chi connectivity index (χ2n) is 6.96. The standard InChI is InChI=1S/C22H25NO2/c1-14(2)19-12-20-18(11-22(24)25-21(20)10-15(19)3)13-23-16(4)17-8-6-5-7-9-17/h5-12,14,16,23H,13H2,1-4H3/t16-/m1/s1. The van der Waals surface area contributed by atoms with Crippen molar-refractivity contribution in [2.75, 3.05) is 0 Å². The number of aryl methyl sites for hydroxylation is 1. The molecule has 0 aliphatic rings. The highest BCUT2D eigenvalue weighted by Crippen LogP contribution is 2.27. The van der Waals surface area contributed by atoms with Gasteiger partial charge in [-0.1, -0.05) is 44.2 Å². The zero-order valence-electron chi connectivity index (χ0n) is 15.3. The van der Waals surface area contributed by atoms with Crippen molar-refractivity contribution in [1.82, 2.24) is 5.32 Å². The van der Waals surface area contributed by atoms with Gasteiger partial charge in [-0.2, -0.15) is 0 Å². The van der Waals surface area contributed by atoms with E-state index in [2.05, 4.69) is 51.2 Å². The Kier molecular flexibility index (Phi) is 5.05. The third kappa shape index (κ3) is 3.83. The van der Waals surface area contributed by atoms with E-state index in [-0.39, 0.29) is 11.7 Å². The van der Waals surface area contributed by atoms with Crippen LogP contribution < -0.4 is 10.9 Å². The third-order valence-electron chi connectivity index (χ3n) is 4.74. The second kappa shape index (κ2) is 7.24. The van der Waals surface area contributed by atoms with Gasteiger partial charge in [0, 0.05) is 24.0 Å². The Bertz CT molecular complexity index is 926. The molecule has 0 saturated heterocycles. The van der Waals surface area contributed by atoms with Gasteiger partial charge >= 0.3 is 5.63 Å². The molecule has 0 spiro atoms. The van der Waals surface area contributed by atoms with Crippen molar-refractivity contribution in [3.63, 3.8) is 0 Å². The van der Waals surface area contributed by atoms with E-state index in [1.165, 1.54) is 11.1 Å². The van der Waals surface area contributed by atoms with Gasteiger partial charge in [-0.25, -0.2) is 4.79 Å². The zero-order valence-corrected chi connectivity index (χ0v) is 15.3. The molecule has 3 rings (SSSR count). The van der Waals surface area contributed by atoms with Crippen molar-refractivity contribution < 1.29 is 4.42 Å². The lowest BCUT2D eigenvalue weighted by atomic mass is 9.95. The molecule has 3 heteroatoms. The van der Waals surface area contributed by atoms with Crippen molar-refractivity contribution in [3.8, 4) is 0 Å². The van der Waals surface area contributed by atoms with Crippen molar-refractivity contribution >= 4 is 11.0 Å². The molecule has 0 aliphatic heterocycles. The number of hydrogen-bond donors (Lipinski definition) is 1. The summed E-state index contributed by atoms with van der Waals surface area (Å²) in [4.78, 5) is 12.0. The Morgan fingerprint density at radius 1 is 1.04 bits per heavy atom. The molecule has 0 fully saturated rings. The molecule has 1 aromatic heterocycles. The predicted octanol–water partition coefficient (Wildman–Crippen LogP) is 5.08. The maximum atomic E-state index is 12.0. The Morgan fingerprint density at radius 3 is 2.44 bits per heavy atom. The molecule has 0 amide bonds. The normalized spacial score (nSPS) is 12.7. The number of hydrogen-bond acceptors (Lipinski definition) is 3. The quantitative estimate of drug-likeness (QED) is 0.662. The molecule has 2 aromatic carbocycles. The van der Waals surface area contributed by atoms with Crippen LogP contribution in [0.5, 0.6) is 0 Å². The van der Waals surface area contributed by atoms with Gasteiger partial charge in [0.15, 0.2) is 0 Å². The lowest BCUT2D eigenvalue weighted by molar-refractivity contribution is 0.547. The Labute approximate surface area is 148 Å². The summed E-state index contributed by atoms with van der Waals surface area (Å²) in [6, 6.07) is 16.3. The van der Waals surface area contributed by atoms with Gasteiger partial charge in [0.05, 0.1) is 0 Å². The van der Waals surface area contributed by atoms with Crippen LogP contribution in [0.15, 0.2) is 57.7 Å². The first kappa shape index (κ1) is 17.4. The topological polar surface area (TPSA) is 42.2 Å². The second-order valence-corrected chi connectivity index (χ2v) is 6.96. The SMILES string of the molecule is Cc1cc2oc(=O)cc(CN[C@H](C)c3ccccc3)c2cc1C(C)C. The van der Waals surface area contributed by atoms with E-state index in [4.69, 9.17) is 4.42 Å². The molecule has 0 bridgehead atoms. The van der Waals surface area contributed by atoms with Gasteiger partial charge in [-0.15, -0.1) is 0 Å². The monoisotopic (exact) mass is 335 g/mol. The molecule has 0 saturated carbocycles. The molecule has 0 unspecified atom stereocenters. The summed E-state index contributed by atoms with van der Waals surface area (Å²) in [6.45, 7) is 9.19. The number of benzene rings is 2. The first-order chi connectivity index (χ1) is 12.0. The minimum atomic E-state index is -0.298. The van der Waals surface area contributed by atoms with Crippen molar-refractivity contribution in [1.29, 1.82) is 0 Å². The molecule has 25 heavy (non-hydrogen) atoms. The van der Waals surface area contributed by atoms with Crippen LogP contribution in [0, 0.1) is 6.92 Å². The van der Waals surface area contributed by atoms with Crippen LogP contribution in [0.4, 0.5) is 0 Å². The molecule has 1 N–H and O–H groups in total. The predicted molar refractivity (Wildman–Crippen MR) is 103 cm³/mol. The van der Waals surface area contributed by atoms with Crippen molar-refractivity contribution in [3.05, 3.63) is 81.2 Å². The largest absolute Gasteiger partial charge is 0.423 e. The molecule has 3 nitrogen and oxygen atoms in total. The van der Waals surface area contributed by atoms with Crippen LogP contribution in [0.2, 0.25) is 0 Å². The fourth-order valence-electron chi connectivity index (χ4n) is 3.28. The summed E-state index contributed by atoms with van der Waals surface area (Å²) >= 11 is 0. The number of nitrogens with one attached hydrogen (secondary N) is 1. The van der Waals surface area contributed by atoms with Crippen LogP contribution in [0.25, 0.3) is 11.0 Å². The average Bonchev–Trinajstić information content (AvgIpc) is 2.59. The third-order valence-corrected chi connectivity index (χ3v) is 4.74. The molecular formula is C22H25NO2. The molecule has 130 valence electrons. The van der Waals surface area contributed by atoms with Crippen LogP contribution in [0.1, 0.15) is 55.0 Å². The van der Waals surface area contributed by atoms with E-state index in [0.717, 1.165) is 16.5 Å². The van der Waals surface area contributed by atoms with Gasteiger partial charge in [0.1, 0.15) is 5.58 Å². The van der Waals surface area contributed by atoms with Crippen molar-refractivity contribution in [2.45, 2.75) is 46.2 Å². The molecular weight excluding hydrogens is 310 g/mol. The van der Waals surface area contributed by atoms with Gasteiger partial charge in [-0.3, -0.25) is 0 Å².